The summed E-state index contributed by atoms with van der Waals surface area (Å²) < 4.78 is 5.05. The van der Waals surface area contributed by atoms with E-state index in [4.69, 9.17) is 27.6 Å². The van der Waals surface area contributed by atoms with Crippen LogP contribution in [-0.2, 0) is 11.3 Å². The molecule has 0 unspecified atom stereocenters. The number of urea groups is 1. The van der Waals surface area contributed by atoms with Crippen LogP contribution in [-0.4, -0.2) is 18.5 Å². The van der Waals surface area contributed by atoms with Crippen molar-refractivity contribution in [3.8, 4) is 0 Å². The zero-order chi connectivity index (χ0) is 15.9. The van der Waals surface area contributed by atoms with Crippen molar-refractivity contribution < 1.29 is 14.0 Å². The second-order valence-corrected chi connectivity index (χ2v) is 5.19. The first-order valence-electron chi connectivity index (χ1n) is 6.33. The summed E-state index contributed by atoms with van der Waals surface area (Å²) in [6.45, 7) is 0.105. The molecule has 0 saturated heterocycles. The Morgan fingerprint density at radius 1 is 1.14 bits per heavy atom. The van der Waals surface area contributed by atoms with E-state index in [-0.39, 0.29) is 13.1 Å². The third-order valence-electron chi connectivity index (χ3n) is 2.57. The number of benzene rings is 1. The molecule has 2 rings (SSSR count). The van der Waals surface area contributed by atoms with E-state index in [2.05, 4.69) is 16.0 Å². The molecule has 0 aliphatic carbocycles. The van der Waals surface area contributed by atoms with Crippen LogP contribution in [0.1, 0.15) is 5.76 Å². The molecule has 0 aliphatic rings. The van der Waals surface area contributed by atoms with E-state index < -0.39 is 11.9 Å². The second kappa shape index (κ2) is 7.72. The lowest BCUT2D eigenvalue weighted by molar-refractivity contribution is -0.118. The van der Waals surface area contributed by atoms with Gasteiger partial charge < -0.3 is 15.1 Å². The summed E-state index contributed by atoms with van der Waals surface area (Å²) >= 11 is 11.7. The van der Waals surface area contributed by atoms with Gasteiger partial charge in [0.05, 0.1) is 19.4 Å². The van der Waals surface area contributed by atoms with Gasteiger partial charge in [0.15, 0.2) is 0 Å². The molecule has 3 N–H and O–H groups in total. The third-order valence-corrected chi connectivity index (χ3v) is 3.01. The molecule has 8 heteroatoms. The van der Waals surface area contributed by atoms with E-state index in [1.807, 2.05) is 0 Å². The topological polar surface area (TPSA) is 83.4 Å². The summed E-state index contributed by atoms with van der Waals surface area (Å²) in [6, 6.07) is 7.64. The van der Waals surface area contributed by atoms with Crippen molar-refractivity contribution >= 4 is 40.8 Å². The Labute approximate surface area is 136 Å². The molecule has 0 bridgehead atoms. The summed E-state index contributed by atoms with van der Waals surface area (Å²) in [4.78, 5) is 23.1. The Morgan fingerprint density at radius 3 is 2.50 bits per heavy atom. The molecule has 116 valence electrons. The van der Waals surface area contributed by atoms with Gasteiger partial charge in [0.1, 0.15) is 5.76 Å². The quantitative estimate of drug-likeness (QED) is 0.780. The fraction of sp³-hybridized carbons (Fsp3) is 0.143. The Balaban J connectivity index is 1.74. The van der Waals surface area contributed by atoms with Gasteiger partial charge >= 0.3 is 6.03 Å². The van der Waals surface area contributed by atoms with Gasteiger partial charge in [-0.15, -0.1) is 0 Å². The molecule has 1 aromatic heterocycles. The number of rotatable bonds is 5. The van der Waals surface area contributed by atoms with E-state index in [1.54, 1.807) is 30.3 Å². The van der Waals surface area contributed by atoms with Crippen LogP contribution in [0, 0.1) is 0 Å². The van der Waals surface area contributed by atoms with Gasteiger partial charge in [0, 0.05) is 15.7 Å². The number of carbonyl (C=O) groups is 2. The zero-order valence-electron chi connectivity index (χ0n) is 11.4. The van der Waals surface area contributed by atoms with E-state index in [1.165, 1.54) is 6.26 Å². The van der Waals surface area contributed by atoms with Crippen molar-refractivity contribution in [2.24, 2.45) is 0 Å². The minimum atomic E-state index is -0.604. The Hall–Kier alpha value is -2.18. The van der Waals surface area contributed by atoms with E-state index in [9.17, 15) is 9.59 Å². The highest BCUT2D eigenvalue weighted by molar-refractivity contribution is 6.35. The van der Waals surface area contributed by atoms with E-state index >= 15 is 0 Å². The first-order valence-corrected chi connectivity index (χ1v) is 7.08. The SMILES string of the molecule is O=C(CNc1cc(Cl)cc(Cl)c1)NC(=O)NCc1ccco1. The van der Waals surface area contributed by atoms with Crippen LogP contribution in [0.2, 0.25) is 10.0 Å². The number of amides is 3. The Kier molecular flexibility index (Phi) is 5.68. The molecule has 2 aromatic rings. The smallest absolute Gasteiger partial charge is 0.321 e. The second-order valence-electron chi connectivity index (χ2n) is 4.32. The maximum atomic E-state index is 11.6. The first kappa shape index (κ1) is 16.2. The predicted octanol–water partition coefficient (Wildman–Crippen LogP) is 3.02. The average molecular weight is 342 g/mol. The van der Waals surface area contributed by atoms with Crippen molar-refractivity contribution in [3.05, 3.63) is 52.4 Å². The highest BCUT2D eigenvalue weighted by atomic mass is 35.5. The fourth-order valence-corrected chi connectivity index (χ4v) is 2.16. The molecule has 0 aliphatic heterocycles. The maximum absolute atomic E-state index is 11.6. The van der Waals surface area contributed by atoms with Crippen LogP contribution < -0.4 is 16.0 Å². The molecule has 22 heavy (non-hydrogen) atoms. The average Bonchev–Trinajstić information content (AvgIpc) is 2.95. The lowest BCUT2D eigenvalue weighted by Crippen LogP contribution is -2.41. The molecule has 0 atom stereocenters. The Morgan fingerprint density at radius 2 is 1.86 bits per heavy atom. The van der Waals surface area contributed by atoms with Crippen LogP contribution in [0.4, 0.5) is 10.5 Å². The molecule has 3 amide bonds. The van der Waals surface area contributed by atoms with Gasteiger partial charge in [-0.1, -0.05) is 23.2 Å². The summed E-state index contributed by atoms with van der Waals surface area (Å²) in [5, 5.41) is 8.40. The highest BCUT2D eigenvalue weighted by Gasteiger charge is 2.08. The van der Waals surface area contributed by atoms with Crippen molar-refractivity contribution in [2.75, 3.05) is 11.9 Å². The monoisotopic (exact) mass is 341 g/mol. The van der Waals surface area contributed by atoms with Crippen LogP contribution in [0.3, 0.4) is 0 Å². The lowest BCUT2D eigenvalue weighted by Gasteiger charge is -2.08. The standard InChI is InChI=1S/C14H13Cl2N3O3/c15-9-4-10(16)6-11(5-9)17-8-13(20)19-14(21)18-7-12-2-1-3-22-12/h1-6,17H,7-8H2,(H2,18,19,20,21). The molecule has 0 saturated carbocycles. The molecule has 1 heterocycles. The van der Waals surface area contributed by atoms with Crippen LogP contribution in [0.5, 0.6) is 0 Å². The van der Waals surface area contributed by atoms with Gasteiger partial charge in [0.2, 0.25) is 5.91 Å². The van der Waals surface area contributed by atoms with Crippen molar-refractivity contribution in [1.82, 2.24) is 10.6 Å². The predicted molar refractivity (Wildman–Crippen MR) is 84.0 cm³/mol. The number of furan rings is 1. The molecule has 0 fully saturated rings. The van der Waals surface area contributed by atoms with Crippen molar-refractivity contribution in [2.45, 2.75) is 6.54 Å². The van der Waals surface area contributed by atoms with E-state index in [0.29, 0.717) is 21.5 Å². The van der Waals surface area contributed by atoms with Crippen LogP contribution in [0.25, 0.3) is 0 Å². The zero-order valence-corrected chi connectivity index (χ0v) is 12.9. The van der Waals surface area contributed by atoms with Crippen LogP contribution >= 0.6 is 23.2 Å². The maximum Gasteiger partial charge on any atom is 0.321 e. The number of carbonyl (C=O) groups excluding carboxylic acids is 2. The summed E-state index contributed by atoms with van der Waals surface area (Å²) in [7, 11) is 0. The molecule has 0 radical (unpaired) electrons. The van der Waals surface area contributed by atoms with Crippen molar-refractivity contribution in [1.29, 1.82) is 0 Å². The van der Waals surface area contributed by atoms with Gasteiger partial charge in [-0.2, -0.15) is 0 Å². The normalized spacial score (nSPS) is 10.1. The molecule has 0 spiro atoms. The van der Waals surface area contributed by atoms with Crippen LogP contribution in [0.15, 0.2) is 41.0 Å². The van der Waals surface area contributed by atoms with Gasteiger partial charge in [0.25, 0.3) is 0 Å². The molecular formula is C14H13Cl2N3O3. The first-order chi connectivity index (χ1) is 10.5. The largest absolute Gasteiger partial charge is 0.467 e. The summed E-state index contributed by atoms with van der Waals surface area (Å²) in [5.74, 6) is 0.0994. The Bertz CT molecular complexity index is 639. The molecule has 1 aromatic carbocycles. The molecule has 6 nitrogen and oxygen atoms in total. The van der Waals surface area contributed by atoms with Crippen molar-refractivity contribution in [3.63, 3.8) is 0 Å². The summed E-state index contributed by atoms with van der Waals surface area (Å²) in [6.07, 6.45) is 1.50. The number of hydrogen-bond acceptors (Lipinski definition) is 4. The molecular weight excluding hydrogens is 329 g/mol. The lowest BCUT2D eigenvalue weighted by atomic mass is 10.3. The minimum Gasteiger partial charge on any atom is -0.467 e. The van der Waals surface area contributed by atoms with Gasteiger partial charge in [-0.3, -0.25) is 10.1 Å². The number of imide groups is 1. The number of anilines is 1. The van der Waals surface area contributed by atoms with E-state index in [0.717, 1.165) is 0 Å². The van der Waals surface area contributed by atoms with Gasteiger partial charge in [-0.25, -0.2) is 4.79 Å². The fourth-order valence-electron chi connectivity index (χ4n) is 1.63. The number of halogens is 2. The number of nitrogens with one attached hydrogen (secondary N) is 3. The minimum absolute atomic E-state index is 0.0924. The highest BCUT2D eigenvalue weighted by Crippen LogP contribution is 2.22. The number of hydrogen-bond donors (Lipinski definition) is 3. The summed E-state index contributed by atoms with van der Waals surface area (Å²) in [5.41, 5.74) is 0.587. The third kappa shape index (κ3) is 5.31. The van der Waals surface area contributed by atoms with Gasteiger partial charge in [-0.05, 0) is 30.3 Å².